The zero-order valence-corrected chi connectivity index (χ0v) is 13.4. The topological polar surface area (TPSA) is 184 Å². The van der Waals surface area contributed by atoms with Crippen LogP contribution in [0.1, 0.15) is 11.1 Å². The van der Waals surface area contributed by atoms with Crippen LogP contribution in [0.15, 0.2) is 27.9 Å². The van der Waals surface area contributed by atoms with E-state index in [9.17, 15) is 33.9 Å². The van der Waals surface area contributed by atoms with Gasteiger partial charge in [-0.05, 0) is 12.1 Å². The Morgan fingerprint density at radius 2 is 1.84 bits per heavy atom. The summed E-state index contributed by atoms with van der Waals surface area (Å²) < 4.78 is 23.2. The van der Waals surface area contributed by atoms with E-state index in [0.717, 1.165) is 24.5 Å². The third-order valence-corrected chi connectivity index (χ3v) is 4.44. The molecule has 0 amide bonds. The van der Waals surface area contributed by atoms with E-state index in [0.29, 0.717) is 0 Å². The number of aromatic nitrogens is 1. The standard InChI is InChI=1S/C14H9N5O5S/c1-25(23,24)7-2-3-8(11(4-7)19(21)22)12-9(5-15)13(17)18-14(20)10(12)6-16/h2-4H,1H3,(H3,17,18,20). The summed E-state index contributed by atoms with van der Waals surface area (Å²) in [5.74, 6) is -0.358. The number of benzene rings is 1. The number of nitrogen functional groups attached to an aromatic ring is 1. The van der Waals surface area contributed by atoms with Crippen LogP contribution in [0, 0.1) is 32.8 Å². The van der Waals surface area contributed by atoms with Crippen LogP contribution in [0.3, 0.4) is 0 Å². The van der Waals surface area contributed by atoms with Crippen molar-refractivity contribution in [3.8, 4) is 23.3 Å². The Kier molecular flexibility index (Phi) is 4.28. The largest absolute Gasteiger partial charge is 0.384 e. The van der Waals surface area contributed by atoms with Crippen LogP contribution in [0.5, 0.6) is 0 Å². The first-order valence-electron chi connectivity index (χ1n) is 6.46. The summed E-state index contributed by atoms with van der Waals surface area (Å²) in [7, 11) is -3.73. The zero-order chi connectivity index (χ0) is 18.9. The van der Waals surface area contributed by atoms with E-state index in [4.69, 9.17) is 5.73 Å². The monoisotopic (exact) mass is 359 g/mol. The molecule has 2 aromatic rings. The van der Waals surface area contributed by atoms with Crippen molar-refractivity contribution in [3.63, 3.8) is 0 Å². The molecule has 1 heterocycles. The highest BCUT2D eigenvalue weighted by atomic mass is 32.2. The Balaban J connectivity index is 3.03. The molecule has 0 aliphatic carbocycles. The van der Waals surface area contributed by atoms with Crippen LogP contribution in [-0.4, -0.2) is 24.6 Å². The summed E-state index contributed by atoms with van der Waals surface area (Å²) in [5, 5.41) is 29.8. The van der Waals surface area contributed by atoms with E-state index in [-0.39, 0.29) is 27.4 Å². The highest BCUT2D eigenvalue weighted by Gasteiger charge is 2.26. The Hall–Kier alpha value is -3.70. The van der Waals surface area contributed by atoms with Crippen LogP contribution in [-0.2, 0) is 9.84 Å². The minimum atomic E-state index is -3.73. The summed E-state index contributed by atoms with van der Waals surface area (Å²) in [4.78, 5) is 24.2. The predicted molar refractivity (Wildman–Crippen MR) is 86.1 cm³/mol. The molecule has 0 unspecified atom stereocenters. The van der Waals surface area contributed by atoms with Crippen LogP contribution < -0.4 is 11.3 Å². The average molecular weight is 359 g/mol. The molecule has 0 saturated carbocycles. The van der Waals surface area contributed by atoms with Gasteiger partial charge in [-0.3, -0.25) is 14.9 Å². The van der Waals surface area contributed by atoms with Crippen molar-refractivity contribution < 1.29 is 13.3 Å². The van der Waals surface area contributed by atoms with E-state index < -0.39 is 31.6 Å². The Morgan fingerprint density at radius 3 is 2.32 bits per heavy atom. The fraction of sp³-hybridized carbons (Fsp3) is 0.0714. The van der Waals surface area contributed by atoms with Crippen LogP contribution in [0.2, 0.25) is 0 Å². The lowest BCUT2D eigenvalue weighted by Gasteiger charge is -2.10. The highest BCUT2D eigenvalue weighted by molar-refractivity contribution is 7.90. The maximum atomic E-state index is 11.9. The van der Waals surface area contributed by atoms with Crippen LogP contribution in [0.25, 0.3) is 11.1 Å². The normalized spacial score (nSPS) is 10.7. The molecule has 0 fully saturated rings. The first-order valence-corrected chi connectivity index (χ1v) is 8.35. The van der Waals surface area contributed by atoms with E-state index in [1.165, 1.54) is 0 Å². The molecule has 0 aliphatic rings. The number of nitrogens with two attached hydrogens (primary N) is 1. The first-order chi connectivity index (χ1) is 11.6. The summed E-state index contributed by atoms with van der Waals surface area (Å²) in [6, 6.07) is 6.21. The quantitative estimate of drug-likeness (QED) is 0.591. The Bertz CT molecular complexity index is 1150. The predicted octanol–water partition coefficient (Wildman–Crippen LogP) is 0.679. The SMILES string of the molecule is CS(=O)(=O)c1ccc(-c2c(C#N)c(N)[nH]c(=O)c2C#N)c([N+](=O)[O-])c1. The molecule has 1 aromatic heterocycles. The molecular formula is C14H9N5O5S. The van der Waals surface area contributed by atoms with E-state index in [1.54, 1.807) is 12.1 Å². The number of H-pyrrole nitrogens is 1. The molecular weight excluding hydrogens is 350 g/mol. The van der Waals surface area contributed by atoms with Gasteiger partial charge in [-0.15, -0.1) is 0 Å². The zero-order valence-electron chi connectivity index (χ0n) is 12.6. The minimum Gasteiger partial charge on any atom is -0.384 e. The van der Waals surface area contributed by atoms with E-state index >= 15 is 0 Å². The molecule has 0 radical (unpaired) electrons. The maximum Gasteiger partial charge on any atom is 0.278 e. The van der Waals surface area contributed by atoms with Crippen molar-refractivity contribution in [2.45, 2.75) is 4.90 Å². The van der Waals surface area contributed by atoms with E-state index in [1.807, 2.05) is 0 Å². The van der Waals surface area contributed by atoms with Gasteiger partial charge in [0.2, 0.25) is 0 Å². The molecule has 0 spiro atoms. The smallest absolute Gasteiger partial charge is 0.278 e. The molecule has 1 aromatic carbocycles. The second-order valence-corrected chi connectivity index (χ2v) is 6.94. The van der Waals surface area contributed by atoms with Gasteiger partial charge in [-0.25, -0.2) is 8.42 Å². The minimum absolute atomic E-state index is 0.261. The number of nitrogens with one attached hydrogen (secondary N) is 1. The maximum absolute atomic E-state index is 11.9. The van der Waals surface area contributed by atoms with Gasteiger partial charge in [0.25, 0.3) is 11.2 Å². The Labute approximate surface area is 140 Å². The summed E-state index contributed by atoms with van der Waals surface area (Å²) in [5.41, 5.74) is 2.51. The molecule has 0 atom stereocenters. The van der Waals surface area contributed by atoms with Gasteiger partial charge in [0.15, 0.2) is 9.84 Å². The van der Waals surface area contributed by atoms with Gasteiger partial charge in [0.1, 0.15) is 29.1 Å². The van der Waals surface area contributed by atoms with Crippen molar-refractivity contribution in [1.82, 2.24) is 4.98 Å². The molecule has 11 heteroatoms. The number of hydrogen-bond donors (Lipinski definition) is 2. The van der Waals surface area contributed by atoms with Gasteiger partial charge < -0.3 is 10.7 Å². The molecule has 0 saturated heterocycles. The van der Waals surface area contributed by atoms with Gasteiger partial charge in [0, 0.05) is 17.9 Å². The van der Waals surface area contributed by atoms with Crippen molar-refractivity contribution in [3.05, 3.63) is 49.8 Å². The Morgan fingerprint density at radius 1 is 1.24 bits per heavy atom. The van der Waals surface area contributed by atoms with Crippen molar-refractivity contribution in [2.24, 2.45) is 0 Å². The number of aromatic amines is 1. The number of nitriles is 2. The second kappa shape index (κ2) is 6.07. The summed E-state index contributed by atoms with van der Waals surface area (Å²) >= 11 is 0. The van der Waals surface area contributed by atoms with Crippen molar-refractivity contribution >= 4 is 21.3 Å². The molecule has 0 aliphatic heterocycles. The third-order valence-electron chi connectivity index (χ3n) is 3.33. The molecule has 126 valence electrons. The number of rotatable bonds is 3. The number of nitro benzene ring substituents is 1. The lowest BCUT2D eigenvalue weighted by atomic mass is 9.95. The van der Waals surface area contributed by atoms with Gasteiger partial charge in [-0.1, -0.05) is 0 Å². The first kappa shape index (κ1) is 17.7. The fourth-order valence-electron chi connectivity index (χ4n) is 2.22. The lowest BCUT2D eigenvalue weighted by Crippen LogP contribution is -2.16. The molecule has 25 heavy (non-hydrogen) atoms. The number of hydrogen-bond acceptors (Lipinski definition) is 8. The van der Waals surface area contributed by atoms with Gasteiger partial charge >= 0.3 is 0 Å². The summed E-state index contributed by atoms with van der Waals surface area (Å²) in [6.07, 6.45) is 0.873. The number of nitro groups is 1. The number of nitrogens with zero attached hydrogens (tertiary/aromatic N) is 3. The van der Waals surface area contributed by atoms with Gasteiger partial charge in [0.05, 0.1) is 15.4 Å². The van der Waals surface area contributed by atoms with Gasteiger partial charge in [-0.2, -0.15) is 10.5 Å². The van der Waals surface area contributed by atoms with Crippen molar-refractivity contribution in [2.75, 3.05) is 12.0 Å². The lowest BCUT2D eigenvalue weighted by molar-refractivity contribution is -0.384. The molecule has 0 bridgehead atoms. The second-order valence-electron chi connectivity index (χ2n) is 4.92. The fourth-order valence-corrected chi connectivity index (χ4v) is 2.86. The van der Waals surface area contributed by atoms with Crippen LogP contribution in [0.4, 0.5) is 11.5 Å². The summed E-state index contributed by atoms with van der Waals surface area (Å²) in [6.45, 7) is 0. The molecule has 3 N–H and O–H groups in total. The van der Waals surface area contributed by atoms with E-state index in [2.05, 4.69) is 4.98 Å². The highest BCUT2D eigenvalue weighted by Crippen LogP contribution is 2.36. The molecule has 2 rings (SSSR count). The molecule has 10 nitrogen and oxygen atoms in total. The number of sulfone groups is 1. The number of anilines is 1. The van der Waals surface area contributed by atoms with Crippen molar-refractivity contribution in [1.29, 1.82) is 10.5 Å². The number of pyridine rings is 1. The average Bonchev–Trinajstić information content (AvgIpc) is 2.52. The van der Waals surface area contributed by atoms with Crippen LogP contribution >= 0.6 is 0 Å². The third kappa shape index (κ3) is 3.04.